The zero-order valence-corrected chi connectivity index (χ0v) is 15.1. The van der Waals surface area contributed by atoms with Gasteiger partial charge in [0.15, 0.2) is 0 Å². The molecule has 0 aliphatic heterocycles. The van der Waals surface area contributed by atoms with Crippen LogP contribution >= 0.6 is 0 Å². The lowest BCUT2D eigenvalue weighted by molar-refractivity contribution is -0.120. The standard InChI is InChI=1S/C20H25NO2S/c1-3-18(4-2)20(22)21-19-12-8-11-17(13-19)15-24(23)14-16-9-6-5-7-10-16/h5-13,18H,3-4,14-15H2,1-2H3,(H,21,22)/t24-/m0/s1. The molecule has 0 saturated heterocycles. The summed E-state index contributed by atoms with van der Waals surface area (Å²) in [5.74, 6) is 1.14. The minimum atomic E-state index is -0.968. The second-order valence-electron chi connectivity index (χ2n) is 5.92. The highest BCUT2D eigenvalue weighted by Crippen LogP contribution is 2.17. The fourth-order valence-corrected chi connectivity index (χ4v) is 3.86. The molecule has 0 aromatic heterocycles. The number of hydrogen-bond donors (Lipinski definition) is 1. The van der Waals surface area contributed by atoms with Crippen molar-refractivity contribution in [1.29, 1.82) is 0 Å². The summed E-state index contributed by atoms with van der Waals surface area (Å²) >= 11 is 0. The van der Waals surface area contributed by atoms with Crippen LogP contribution in [0.25, 0.3) is 0 Å². The molecule has 2 rings (SSSR count). The van der Waals surface area contributed by atoms with Crippen molar-refractivity contribution in [2.75, 3.05) is 5.32 Å². The molecule has 3 nitrogen and oxygen atoms in total. The van der Waals surface area contributed by atoms with E-state index in [0.717, 1.165) is 29.7 Å². The van der Waals surface area contributed by atoms with Gasteiger partial charge >= 0.3 is 0 Å². The van der Waals surface area contributed by atoms with Gasteiger partial charge in [-0.05, 0) is 36.1 Å². The first-order chi connectivity index (χ1) is 11.6. The molecule has 1 amide bonds. The Labute approximate surface area is 146 Å². The lowest BCUT2D eigenvalue weighted by Crippen LogP contribution is -2.21. The van der Waals surface area contributed by atoms with E-state index in [1.807, 2.05) is 68.4 Å². The molecule has 4 heteroatoms. The fourth-order valence-electron chi connectivity index (χ4n) is 2.64. The minimum absolute atomic E-state index is 0.0425. The van der Waals surface area contributed by atoms with Gasteiger partial charge in [0, 0.05) is 33.9 Å². The van der Waals surface area contributed by atoms with Crippen LogP contribution in [-0.4, -0.2) is 10.1 Å². The minimum Gasteiger partial charge on any atom is -0.326 e. The van der Waals surface area contributed by atoms with Crippen molar-refractivity contribution in [2.24, 2.45) is 5.92 Å². The first-order valence-corrected chi connectivity index (χ1v) is 9.89. The summed E-state index contributed by atoms with van der Waals surface area (Å²) < 4.78 is 12.3. The van der Waals surface area contributed by atoms with E-state index < -0.39 is 10.8 Å². The second-order valence-corrected chi connectivity index (χ2v) is 7.37. The average Bonchev–Trinajstić information content (AvgIpc) is 2.57. The van der Waals surface area contributed by atoms with E-state index in [1.54, 1.807) is 0 Å². The van der Waals surface area contributed by atoms with Gasteiger partial charge in [0.1, 0.15) is 0 Å². The van der Waals surface area contributed by atoms with Crippen LogP contribution in [0.4, 0.5) is 5.69 Å². The van der Waals surface area contributed by atoms with E-state index in [1.165, 1.54) is 0 Å². The van der Waals surface area contributed by atoms with Crippen LogP contribution in [0.5, 0.6) is 0 Å². The summed E-state index contributed by atoms with van der Waals surface area (Å²) in [5, 5.41) is 2.97. The monoisotopic (exact) mass is 343 g/mol. The van der Waals surface area contributed by atoms with E-state index in [-0.39, 0.29) is 11.8 Å². The van der Waals surface area contributed by atoms with Crippen LogP contribution in [0.3, 0.4) is 0 Å². The van der Waals surface area contributed by atoms with Crippen molar-refractivity contribution in [1.82, 2.24) is 0 Å². The van der Waals surface area contributed by atoms with Crippen LogP contribution in [0.2, 0.25) is 0 Å². The Balaban J connectivity index is 1.97. The van der Waals surface area contributed by atoms with Crippen molar-refractivity contribution < 1.29 is 9.00 Å². The third kappa shape index (κ3) is 5.60. The Morgan fingerprint density at radius 2 is 1.58 bits per heavy atom. The molecule has 0 saturated carbocycles. The van der Waals surface area contributed by atoms with E-state index in [9.17, 15) is 9.00 Å². The summed E-state index contributed by atoms with van der Waals surface area (Å²) in [6, 6.07) is 17.5. The first-order valence-electron chi connectivity index (χ1n) is 8.41. The Hall–Kier alpha value is -1.94. The second kappa shape index (κ2) is 9.38. The van der Waals surface area contributed by atoms with Crippen LogP contribution in [-0.2, 0) is 27.1 Å². The summed E-state index contributed by atoms with van der Waals surface area (Å²) in [6.45, 7) is 4.05. The Kier molecular flexibility index (Phi) is 7.19. The summed E-state index contributed by atoms with van der Waals surface area (Å²) in [5.41, 5.74) is 2.83. The van der Waals surface area contributed by atoms with Gasteiger partial charge in [-0.2, -0.15) is 0 Å². The predicted molar refractivity (Wildman–Crippen MR) is 101 cm³/mol. The normalized spacial score (nSPS) is 12.1. The highest BCUT2D eigenvalue weighted by Gasteiger charge is 2.14. The van der Waals surface area contributed by atoms with Crippen molar-refractivity contribution >= 4 is 22.4 Å². The molecule has 0 aliphatic rings. The summed E-state index contributed by atoms with van der Waals surface area (Å²) in [4.78, 5) is 12.2. The molecule has 0 spiro atoms. The lowest BCUT2D eigenvalue weighted by atomic mass is 10.0. The van der Waals surface area contributed by atoms with Gasteiger partial charge in [-0.15, -0.1) is 0 Å². The van der Waals surface area contributed by atoms with Gasteiger partial charge in [-0.25, -0.2) is 0 Å². The number of hydrogen-bond acceptors (Lipinski definition) is 2. The van der Waals surface area contributed by atoms with Crippen molar-refractivity contribution in [2.45, 2.75) is 38.2 Å². The zero-order chi connectivity index (χ0) is 17.4. The van der Waals surface area contributed by atoms with Crippen LogP contribution in [0, 0.1) is 5.92 Å². The average molecular weight is 343 g/mol. The van der Waals surface area contributed by atoms with E-state index >= 15 is 0 Å². The molecular weight excluding hydrogens is 318 g/mol. The van der Waals surface area contributed by atoms with Crippen LogP contribution < -0.4 is 5.32 Å². The molecule has 128 valence electrons. The number of carbonyl (C=O) groups excluding carboxylic acids is 1. The highest BCUT2D eigenvalue weighted by atomic mass is 32.2. The lowest BCUT2D eigenvalue weighted by Gasteiger charge is -2.13. The van der Waals surface area contributed by atoms with Crippen molar-refractivity contribution in [3.05, 3.63) is 65.7 Å². The van der Waals surface area contributed by atoms with Crippen molar-refractivity contribution in [3.8, 4) is 0 Å². The maximum atomic E-state index is 12.3. The van der Waals surface area contributed by atoms with Crippen molar-refractivity contribution in [3.63, 3.8) is 0 Å². The van der Waals surface area contributed by atoms with Gasteiger partial charge in [0.05, 0.1) is 0 Å². The first kappa shape index (κ1) is 18.4. The summed E-state index contributed by atoms with van der Waals surface area (Å²) in [6.07, 6.45) is 1.67. The van der Waals surface area contributed by atoms with Gasteiger partial charge in [-0.1, -0.05) is 56.3 Å². The predicted octanol–water partition coefficient (Wildman–Crippen LogP) is 4.51. The molecule has 24 heavy (non-hydrogen) atoms. The SMILES string of the molecule is CCC(CC)C(=O)Nc1cccc(C[S@@](=O)Cc2ccccc2)c1. The van der Waals surface area contributed by atoms with Gasteiger partial charge < -0.3 is 5.32 Å². The fraction of sp³-hybridized carbons (Fsp3) is 0.350. The number of amides is 1. The molecule has 2 aromatic carbocycles. The van der Waals surface area contributed by atoms with Gasteiger partial charge in [0.25, 0.3) is 0 Å². The number of rotatable bonds is 8. The zero-order valence-electron chi connectivity index (χ0n) is 14.3. The number of anilines is 1. The molecule has 0 radical (unpaired) electrons. The number of benzene rings is 2. The number of carbonyl (C=O) groups is 1. The molecule has 2 aromatic rings. The Bertz CT molecular complexity index is 681. The Morgan fingerprint density at radius 1 is 0.958 bits per heavy atom. The third-order valence-electron chi connectivity index (χ3n) is 4.05. The maximum Gasteiger partial charge on any atom is 0.227 e. The molecule has 0 fully saturated rings. The number of nitrogens with one attached hydrogen (secondary N) is 1. The molecule has 0 bridgehead atoms. The molecule has 1 atom stereocenters. The van der Waals surface area contributed by atoms with Crippen LogP contribution in [0.1, 0.15) is 37.8 Å². The van der Waals surface area contributed by atoms with E-state index in [0.29, 0.717) is 11.5 Å². The quantitative estimate of drug-likeness (QED) is 0.766. The smallest absolute Gasteiger partial charge is 0.227 e. The largest absolute Gasteiger partial charge is 0.326 e. The molecule has 0 heterocycles. The maximum absolute atomic E-state index is 12.3. The topological polar surface area (TPSA) is 46.2 Å². The van der Waals surface area contributed by atoms with Gasteiger partial charge in [0.2, 0.25) is 5.91 Å². The van der Waals surface area contributed by atoms with E-state index in [2.05, 4.69) is 5.32 Å². The molecular formula is C20H25NO2S. The molecule has 0 unspecified atom stereocenters. The highest BCUT2D eigenvalue weighted by molar-refractivity contribution is 7.83. The van der Waals surface area contributed by atoms with E-state index in [4.69, 9.17) is 0 Å². The summed E-state index contributed by atoms with van der Waals surface area (Å²) in [7, 11) is -0.968. The Morgan fingerprint density at radius 3 is 2.25 bits per heavy atom. The third-order valence-corrected chi connectivity index (χ3v) is 5.36. The molecule has 0 aliphatic carbocycles. The van der Waals surface area contributed by atoms with Crippen LogP contribution in [0.15, 0.2) is 54.6 Å². The molecule has 1 N–H and O–H groups in total. The van der Waals surface area contributed by atoms with Gasteiger partial charge in [-0.3, -0.25) is 9.00 Å².